The van der Waals surface area contributed by atoms with E-state index in [0.29, 0.717) is 26.4 Å². The molecule has 0 unspecified atom stereocenters. The van der Waals surface area contributed by atoms with Crippen LogP contribution < -0.4 is 0 Å². The normalized spacial score (nSPS) is 12.8. The van der Waals surface area contributed by atoms with E-state index in [1.54, 1.807) is 68.3 Å². The van der Waals surface area contributed by atoms with Gasteiger partial charge in [0.15, 0.2) is 18.4 Å². The number of hydrogen-bond donors (Lipinski definition) is 0. The Hall–Kier alpha value is -1.31. The molecule has 0 aromatic carbocycles. The van der Waals surface area contributed by atoms with E-state index in [-0.39, 0.29) is 38.1 Å². The van der Waals surface area contributed by atoms with Gasteiger partial charge >= 0.3 is 15.2 Å². The predicted molar refractivity (Wildman–Crippen MR) is 188 cm³/mol. The molecule has 0 atom stereocenters. The highest BCUT2D eigenvalue weighted by atomic mass is 31.2. The first-order chi connectivity index (χ1) is 21.8. The Morgan fingerprint density at radius 2 is 0.787 bits per heavy atom. The summed E-state index contributed by atoms with van der Waals surface area (Å²) in [5.74, 6) is -0.116. The molecule has 280 valence electrons. The summed E-state index contributed by atoms with van der Waals surface area (Å²) in [6.07, 6.45) is 10.0. The number of carbonyl (C=O) groups excluding carboxylic acids is 1. The zero-order valence-electron chi connectivity index (χ0n) is 30.1. The molecule has 0 bridgehead atoms. The van der Waals surface area contributed by atoms with Crippen LogP contribution in [0.3, 0.4) is 0 Å². The number of ether oxygens (including phenoxy) is 6. The van der Waals surface area contributed by atoms with Crippen LogP contribution in [0.5, 0.6) is 0 Å². The molecule has 0 aliphatic rings. The lowest BCUT2D eigenvalue weighted by molar-refractivity contribution is -0.154. The van der Waals surface area contributed by atoms with E-state index < -0.39 is 21.5 Å². The molecule has 0 fully saturated rings. The van der Waals surface area contributed by atoms with Crippen LogP contribution in [-0.4, -0.2) is 106 Å². The second-order valence-corrected chi connectivity index (χ2v) is 13.2. The van der Waals surface area contributed by atoms with E-state index in [9.17, 15) is 13.9 Å². The first kappa shape index (κ1) is 52.5. The zero-order valence-corrected chi connectivity index (χ0v) is 31.9. The van der Waals surface area contributed by atoms with Gasteiger partial charge in [0.05, 0.1) is 38.8 Å². The zero-order chi connectivity index (χ0) is 36.0. The summed E-state index contributed by atoms with van der Waals surface area (Å²) >= 11 is 0. The second kappa shape index (κ2) is 33.2. The molecule has 0 aliphatic heterocycles. The van der Waals surface area contributed by atoms with Gasteiger partial charge in [-0.2, -0.15) is 0 Å². The van der Waals surface area contributed by atoms with Crippen LogP contribution in [0.25, 0.3) is 0 Å². The highest BCUT2D eigenvalue weighted by molar-refractivity contribution is 7.54. The Labute approximate surface area is 285 Å². The molecule has 0 aliphatic carbocycles. The number of hydrogen-bond acceptors (Lipinski definition) is 13. The summed E-state index contributed by atoms with van der Waals surface area (Å²) in [7, 11) is 3.12. The highest BCUT2D eigenvalue weighted by Gasteiger charge is 2.23. The van der Waals surface area contributed by atoms with E-state index >= 15 is 0 Å². The van der Waals surface area contributed by atoms with Crippen molar-refractivity contribution < 1.29 is 60.4 Å². The summed E-state index contributed by atoms with van der Waals surface area (Å²) in [4.78, 5) is 10.4. The molecular weight excluding hydrogens is 654 g/mol. The van der Waals surface area contributed by atoms with Gasteiger partial charge in [-0.3, -0.25) is 13.9 Å². The van der Waals surface area contributed by atoms with Crippen LogP contribution in [0, 0.1) is 0 Å². The maximum Gasteiger partial charge on any atom is 0.334 e. The first-order valence-electron chi connectivity index (χ1n) is 14.9. The topological polar surface area (TPSA) is 144 Å². The molecule has 0 spiro atoms. The third-order valence-corrected chi connectivity index (χ3v) is 9.24. The summed E-state index contributed by atoms with van der Waals surface area (Å²) in [6.45, 7) is 13.6. The summed E-state index contributed by atoms with van der Waals surface area (Å²) in [5, 5.41) is 0. The number of rotatable bonds is 23. The Balaban J connectivity index is -0.000000316. The van der Waals surface area contributed by atoms with Gasteiger partial charge in [-0.1, -0.05) is 43.9 Å². The number of carbonyl (C=O) groups is 1. The molecule has 0 N–H and O–H groups in total. The maximum absolute atomic E-state index is 12.2. The molecule has 0 aromatic heterocycles. The maximum atomic E-state index is 12.2. The van der Waals surface area contributed by atoms with Crippen LogP contribution in [0.4, 0.5) is 0 Å². The lowest BCUT2D eigenvalue weighted by Gasteiger charge is -2.16. The van der Waals surface area contributed by atoms with Gasteiger partial charge in [0.2, 0.25) is 6.29 Å². The monoisotopic (exact) mass is 718 g/mol. The van der Waals surface area contributed by atoms with Crippen molar-refractivity contribution in [2.24, 2.45) is 0 Å². The van der Waals surface area contributed by atoms with E-state index in [1.165, 1.54) is 21.1 Å². The molecule has 0 radical (unpaired) electrons. The molecule has 13 nitrogen and oxygen atoms in total. The van der Waals surface area contributed by atoms with Crippen molar-refractivity contribution in [3.63, 3.8) is 0 Å². The predicted octanol–water partition coefficient (Wildman–Crippen LogP) is 7.58. The van der Waals surface area contributed by atoms with Gasteiger partial charge in [0, 0.05) is 42.7 Å². The second-order valence-electron chi connectivity index (χ2n) is 8.96. The van der Waals surface area contributed by atoms with E-state index in [2.05, 4.69) is 9.47 Å². The lowest BCUT2D eigenvalue weighted by atomic mass is 10.2. The van der Waals surface area contributed by atoms with Crippen molar-refractivity contribution in [3.05, 3.63) is 47.6 Å². The minimum Gasteiger partial charge on any atom is -0.352 e. The van der Waals surface area contributed by atoms with Crippen molar-refractivity contribution in [2.75, 3.05) is 81.4 Å². The number of Topliss-reactive ketones (excluding diaryl/α,β-unsaturated/α-hetero) is 1. The SMILES string of the molecule is C.CCOP(=O)(C/C=C/CP(=O)(OCC)OCC)OCC.COC(OC)/C(C)=C/C=C/C=C(\C)C(OC)OC.COC(OC)C(C)=O. The number of ketones is 1. The Bertz CT molecular complexity index is 884. The largest absolute Gasteiger partial charge is 0.352 e. The number of allylic oxidation sites excluding steroid dienone is 6. The van der Waals surface area contributed by atoms with Crippen LogP contribution in [0.15, 0.2) is 47.6 Å². The van der Waals surface area contributed by atoms with Crippen molar-refractivity contribution in [1.82, 2.24) is 0 Å². The minimum absolute atomic E-state index is 0. The van der Waals surface area contributed by atoms with Gasteiger partial charge in [0.1, 0.15) is 0 Å². The summed E-state index contributed by atoms with van der Waals surface area (Å²) in [6, 6.07) is 0. The molecule has 0 amide bonds. The van der Waals surface area contributed by atoms with Crippen molar-refractivity contribution >= 4 is 21.0 Å². The lowest BCUT2D eigenvalue weighted by Crippen LogP contribution is -2.21. The standard InChI is InChI=1S/C14H24O4.C12H26O6P2.C5H10O3.CH4/c1-11(13(15-3)16-4)9-7-8-10-12(2)14(17-5)18-6;1-5-15-19(13,16-6-2)11-9-10-12-20(14,17-7-3)18-8-4;1-4(6)5(7-2)8-3;/h7-10,13-14H,1-6H3;9-10H,5-8,11-12H2,1-4H3;5H,1-3H3;1H4/b8-7+,11-9+,12-10+;10-9+;;. The Morgan fingerprint density at radius 3 is 0.957 bits per heavy atom. The number of methoxy groups -OCH3 is 6. The van der Waals surface area contributed by atoms with Crippen LogP contribution in [0.1, 0.15) is 55.9 Å². The summed E-state index contributed by atoms with van der Waals surface area (Å²) < 4.78 is 74.6. The average molecular weight is 719 g/mol. The van der Waals surface area contributed by atoms with Crippen molar-refractivity contribution in [2.45, 2.75) is 74.8 Å². The molecule has 15 heteroatoms. The average Bonchev–Trinajstić information content (AvgIpc) is 3.00. The molecular formula is C32H64O13P2. The molecule has 0 saturated heterocycles. The van der Waals surface area contributed by atoms with Crippen molar-refractivity contribution in [3.8, 4) is 0 Å². The van der Waals surface area contributed by atoms with Crippen molar-refractivity contribution in [1.29, 1.82) is 0 Å². The third-order valence-electron chi connectivity index (χ3n) is 5.32. The quantitative estimate of drug-likeness (QED) is 0.0444. The Kier molecular flexibility index (Phi) is 37.1. The Morgan fingerprint density at radius 1 is 0.532 bits per heavy atom. The van der Waals surface area contributed by atoms with Gasteiger partial charge in [-0.25, -0.2) is 0 Å². The summed E-state index contributed by atoms with van der Waals surface area (Å²) in [5.41, 5.74) is 2.00. The molecule has 0 heterocycles. The fraction of sp³-hybridized carbons (Fsp3) is 0.719. The van der Waals surface area contributed by atoms with Gasteiger partial charge < -0.3 is 46.5 Å². The fourth-order valence-electron chi connectivity index (χ4n) is 3.42. The fourth-order valence-corrected chi connectivity index (χ4v) is 6.37. The smallest absolute Gasteiger partial charge is 0.334 e. The van der Waals surface area contributed by atoms with Crippen LogP contribution in [-0.2, 0) is 60.4 Å². The molecule has 0 aromatic rings. The molecule has 0 saturated carbocycles. The van der Waals surface area contributed by atoms with E-state index in [0.717, 1.165) is 11.1 Å². The third kappa shape index (κ3) is 27.2. The van der Waals surface area contributed by atoms with Crippen LogP contribution >= 0.6 is 15.2 Å². The van der Waals surface area contributed by atoms with Gasteiger partial charge in [0.25, 0.3) is 0 Å². The van der Waals surface area contributed by atoms with Gasteiger partial charge in [-0.05, 0) is 59.6 Å². The van der Waals surface area contributed by atoms with Crippen LogP contribution in [0.2, 0.25) is 0 Å². The molecule has 47 heavy (non-hydrogen) atoms. The highest BCUT2D eigenvalue weighted by Crippen LogP contribution is 2.49. The minimum atomic E-state index is -3.09. The molecule has 0 rings (SSSR count). The van der Waals surface area contributed by atoms with E-state index in [1.807, 2.05) is 38.2 Å². The van der Waals surface area contributed by atoms with Gasteiger partial charge in [-0.15, -0.1) is 0 Å². The van der Waals surface area contributed by atoms with E-state index in [4.69, 9.17) is 37.0 Å². The first-order valence-corrected chi connectivity index (χ1v) is 18.3.